The third-order valence-corrected chi connectivity index (χ3v) is 8.89. The number of carbonyl (C=O) groups excluding carboxylic acids is 1. The van der Waals surface area contributed by atoms with Crippen LogP contribution in [0, 0.1) is 30.6 Å². The number of ether oxygens (including phenoxy) is 2. The fourth-order valence-electron chi connectivity index (χ4n) is 7.25. The number of carbonyl (C=O) groups is 1. The normalized spacial score (nSPS) is 28.1. The van der Waals surface area contributed by atoms with E-state index in [-0.39, 0.29) is 18.2 Å². The Labute approximate surface area is 214 Å². The van der Waals surface area contributed by atoms with Crippen molar-refractivity contribution in [3.8, 4) is 5.75 Å². The number of para-hydroxylation sites is 2. The first-order chi connectivity index (χ1) is 17.5. The van der Waals surface area contributed by atoms with Crippen molar-refractivity contribution in [2.75, 3.05) is 11.5 Å². The molecule has 4 fully saturated rings. The minimum atomic E-state index is -0.320. The molecule has 186 valence electrons. The number of aryl methyl sites for hydroxylation is 1. The molecule has 3 aromatic carbocycles. The lowest BCUT2D eigenvalue weighted by Crippen LogP contribution is -2.58. The van der Waals surface area contributed by atoms with Crippen LogP contribution in [0.5, 0.6) is 5.75 Å². The second-order valence-corrected chi connectivity index (χ2v) is 11.2. The average molecular weight is 482 g/mol. The first-order valence-electron chi connectivity index (χ1n) is 13.3. The third-order valence-electron chi connectivity index (χ3n) is 8.89. The molecule has 0 spiro atoms. The van der Waals surface area contributed by atoms with Gasteiger partial charge in [0, 0.05) is 17.1 Å². The van der Waals surface area contributed by atoms with Crippen LogP contribution < -0.4 is 9.64 Å². The summed E-state index contributed by atoms with van der Waals surface area (Å²) in [4.78, 5) is 15.1. The standard InChI is InChI=1S/C32H35NO3/c1-22-15-29(13-14-30(22)33(27-9-5-3-6-10-27)28-11-7-4-8-12-28)35-21-31(34)36-32(2)25-17-23-16-24(19-25)20-26(32)18-23/h3-15,23-26H,16-21H2,1-2H3. The second kappa shape index (κ2) is 9.31. The maximum atomic E-state index is 12.9. The summed E-state index contributed by atoms with van der Waals surface area (Å²) < 4.78 is 12.1. The van der Waals surface area contributed by atoms with Gasteiger partial charge in [-0.15, -0.1) is 0 Å². The van der Waals surface area contributed by atoms with Crippen LogP contribution in [-0.2, 0) is 9.53 Å². The van der Waals surface area contributed by atoms with Crippen molar-refractivity contribution < 1.29 is 14.3 Å². The van der Waals surface area contributed by atoms with Crippen molar-refractivity contribution in [3.05, 3.63) is 84.4 Å². The van der Waals surface area contributed by atoms with Gasteiger partial charge < -0.3 is 14.4 Å². The Morgan fingerprint density at radius 3 is 1.92 bits per heavy atom. The minimum Gasteiger partial charge on any atom is -0.482 e. The van der Waals surface area contributed by atoms with Crippen molar-refractivity contribution >= 4 is 23.0 Å². The zero-order valence-electron chi connectivity index (χ0n) is 21.2. The highest BCUT2D eigenvalue weighted by molar-refractivity contribution is 5.78. The zero-order valence-corrected chi connectivity index (χ0v) is 21.2. The van der Waals surface area contributed by atoms with Crippen molar-refractivity contribution in [3.63, 3.8) is 0 Å². The molecule has 0 atom stereocenters. The highest BCUT2D eigenvalue weighted by Crippen LogP contribution is 2.59. The van der Waals surface area contributed by atoms with Gasteiger partial charge in [0.05, 0.1) is 0 Å². The molecule has 7 rings (SSSR count). The van der Waals surface area contributed by atoms with Crippen molar-refractivity contribution in [1.82, 2.24) is 0 Å². The Balaban J connectivity index is 1.15. The number of esters is 1. The van der Waals surface area contributed by atoms with E-state index in [4.69, 9.17) is 9.47 Å². The van der Waals surface area contributed by atoms with Crippen LogP contribution in [0.3, 0.4) is 0 Å². The molecular formula is C32H35NO3. The van der Waals surface area contributed by atoms with Crippen LogP contribution >= 0.6 is 0 Å². The molecule has 4 heteroatoms. The Bertz CT molecular complexity index is 1160. The van der Waals surface area contributed by atoms with Gasteiger partial charge >= 0.3 is 5.97 Å². The quantitative estimate of drug-likeness (QED) is 0.326. The Kier molecular flexibility index (Phi) is 5.99. The maximum Gasteiger partial charge on any atom is 0.344 e. The van der Waals surface area contributed by atoms with Crippen LogP contribution in [-0.4, -0.2) is 18.2 Å². The number of rotatable bonds is 7. The van der Waals surface area contributed by atoms with Gasteiger partial charge in [-0.05, 0) is 118 Å². The molecule has 4 nitrogen and oxygen atoms in total. The molecule has 4 aliphatic rings. The summed E-state index contributed by atoms with van der Waals surface area (Å²) in [5.41, 5.74) is 4.00. The average Bonchev–Trinajstić information content (AvgIpc) is 2.88. The van der Waals surface area contributed by atoms with E-state index in [0.29, 0.717) is 17.6 Å². The van der Waals surface area contributed by atoms with Crippen LogP contribution in [0.2, 0.25) is 0 Å². The number of nitrogens with zero attached hydrogens (tertiary/aromatic N) is 1. The second-order valence-electron chi connectivity index (χ2n) is 11.2. The van der Waals surface area contributed by atoms with E-state index >= 15 is 0 Å². The van der Waals surface area contributed by atoms with Gasteiger partial charge in [0.1, 0.15) is 11.4 Å². The molecule has 0 aliphatic heterocycles. The molecule has 0 N–H and O–H groups in total. The van der Waals surface area contributed by atoms with E-state index in [1.807, 2.05) is 48.5 Å². The zero-order chi connectivity index (χ0) is 24.7. The monoisotopic (exact) mass is 481 g/mol. The van der Waals surface area contributed by atoms with Gasteiger partial charge in [-0.25, -0.2) is 4.79 Å². The summed E-state index contributed by atoms with van der Waals surface area (Å²) in [6, 6.07) is 26.7. The van der Waals surface area contributed by atoms with Crippen LogP contribution in [0.25, 0.3) is 0 Å². The summed E-state index contributed by atoms with van der Waals surface area (Å²) in [7, 11) is 0. The lowest BCUT2D eigenvalue weighted by Gasteiger charge is -2.59. The van der Waals surface area contributed by atoms with Gasteiger partial charge in [-0.3, -0.25) is 0 Å². The van der Waals surface area contributed by atoms with E-state index in [0.717, 1.165) is 34.5 Å². The molecule has 0 saturated heterocycles. The highest BCUT2D eigenvalue weighted by atomic mass is 16.6. The van der Waals surface area contributed by atoms with E-state index in [1.165, 1.54) is 32.1 Å². The van der Waals surface area contributed by atoms with E-state index in [1.54, 1.807) is 0 Å². The van der Waals surface area contributed by atoms with Crippen LogP contribution in [0.15, 0.2) is 78.9 Å². The molecule has 0 unspecified atom stereocenters. The topological polar surface area (TPSA) is 38.8 Å². The van der Waals surface area contributed by atoms with Gasteiger partial charge in [0.25, 0.3) is 0 Å². The van der Waals surface area contributed by atoms with Gasteiger partial charge in [0.15, 0.2) is 6.61 Å². The molecule has 0 heterocycles. The minimum absolute atomic E-state index is 0.0538. The predicted molar refractivity (Wildman–Crippen MR) is 143 cm³/mol. The SMILES string of the molecule is Cc1cc(OCC(=O)OC2(C)C3CC4CC(C3)CC2C4)ccc1N(c1ccccc1)c1ccccc1. The molecular weight excluding hydrogens is 446 g/mol. The van der Waals surface area contributed by atoms with E-state index in [2.05, 4.69) is 49.1 Å². The molecule has 0 amide bonds. The lowest BCUT2D eigenvalue weighted by molar-refractivity contribution is -0.204. The summed E-state index contributed by atoms with van der Waals surface area (Å²) in [6.45, 7) is 4.20. The number of anilines is 3. The molecule has 0 radical (unpaired) electrons. The van der Waals surface area contributed by atoms with Crippen LogP contribution in [0.4, 0.5) is 17.1 Å². The molecule has 4 saturated carbocycles. The summed E-state index contributed by atoms with van der Waals surface area (Å²) in [5, 5.41) is 0. The molecule has 4 bridgehead atoms. The van der Waals surface area contributed by atoms with E-state index in [9.17, 15) is 4.79 Å². The molecule has 4 aliphatic carbocycles. The molecule has 0 aromatic heterocycles. The van der Waals surface area contributed by atoms with Gasteiger partial charge in [-0.1, -0.05) is 36.4 Å². The fourth-order valence-corrected chi connectivity index (χ4v) is 7.25. The maximum absolute atomic E-state index is 12.9. The van der Waals surface area contributed by atoms with Gasteiger partial charge in [0.2, 0.25) is 0 Å². The number of hydrogen-bond acceptors (Lipinski definition) is 4. The smallest absolute Gasteiger partial charge is 0.344 e. The van der Waals surface area contributed by atoms with Crippen molar-refractivity contribution in [2.24, 2.45) is 23.7 Å². The Hall–Kier alpha value is -3.27. The van der Waals surface area contributed by atoms with Crippen molar-refractivity contribution in [1.29, 1.82) is 0 Å². The Morgan fingerprint density at radius 2 is 1.39 bits per heavy atom. The predicted octanol–water partition coefficient (Wildman–Crippen LogP) is 7.60. The summed E-state index contributed by atoms with van der Waals surface area (Å²) >= 11 is 0. The van der Waals surface area contributed by atoms with Gasteiger partial charge in [-0.2, -0.15) is 0 Å². The van der Waals surface area contributed by atoms with Crippen LogP contribution in [0.1, 0.15) is 44.6 Å². The Morgan fingerprint density at radius 1 is 0.833 bits per heavy atom. The van der Waals surface area contributed by atoms with E-state index < -0.39 is 0 Å². The third kappa shape index (κ3) is 4.27. The first-order valence-corrected chi connectivity index (χ1v) is 13.3. The summed E-state index contributed by atoms with van der Waals surface area (Å²) in [6.07, 6.45) is 6.27. The first kappa shape index (κ1) is 23.1. The lowest BCUT2D eigenvalue weighted by atomic mass is 9.50. The number of hydrogen-bond donors (Lipinski definition) is 0. The molecule has 36 heavy (non-hydrogen) atoms. The summed E-state index contributed by atoms with van der Waals surface area (Å²) in [5.74, 6) is 3.17. The number of benzene rings is 3. The largest absolute Gasteiger partial charge is 0.482 e. The highest BCUT2D eigenvalue weighted by Gasteiger charge is 2.57. The fraction of sp³-hybridized carbons (Fsp3) is 0.406. The molecule has 3 aromatic rings. The van der Waals surface area contributed by atoms with Crippen molar-refractivity contribution in [2.45, 2.75) is 51.6 Å².